The lowest BCUT2D eigenvalue weighted by molar-refractivity contribution is -0.126. The number of carbonyl (C=O) groups excluding carboxylic acids is 2. The molecule has 3 N–H and O–H groups in total. The van der Waals surface area contributed by atoms with E-state index >= 15 is 0 Å². The van der Waals surface area contributed by atoms with Gasteiger partial charge < -0.3 is 20.4 Å². The highest BCUT2D eigenvalue weighted by molar-refractivity contribution is 5.91. The summed E-state index contributed by atoms with van der Waals surface area (Å²) in [6, 6.07) is 18.0. The number of alkyl carbamates (subject to hydrolysis) is 1. The van der Waals surface area contributed by atoms with Crippen LogP contribution in [0.1, 0.15) is 43.7 Å². The molecular weight excluding hydrogens is 402 g/mol. The molecule has 3 aromatic rings. The van der Waals surface area contributed by atoms with Crippen molar-refractivity contribution >= 4 is 22.9 Å². The SMILES string of the molecule is C[C@](Cc1c[nH]c2ccccc12)(NC(=O)OC1CCCC1)C(=O)NCCc1ccccc1. The number of hydrogen-bond acceptors (Lipinski definition) is 3. The Bertz CT molecular complexity index is 1060. The number of para-hydroxylation sites is 1. The number of ether oxygens (including phenoxy) is 1. The van der Waals surface area contributed by atoms with Gasteiger partial charge in [-0.25, -0.2) is 4.79 Å². The molecule has 1 aliphatic carbocycles. The lowest BCUT2D eigenvalue weighted by atomic mass is 9.91. The fourth-order valence-corrected chi connectivity index (χ4v) is 4.41. The molecule has 0 bridgehead atoms. The Hall–Kier alpha value is -3.28. The molecule has 1 heterocycles. The Morgan fingerprint density at radius 1 is 1.06 bits per heavy atom. The van der Waals surface area contributed by atoms with Crippen molar-refractivity contribution in [2.75, 3.05) is 6.54 Å². The third kappa shape index (κ3) is 5.31. The fraction of sp³-hybridized carbons (Fsp3) is 0.385. The van der Waals surface area contributed by atoms with Gasteiger partial charge in [0.05, 0.1) is 0 Å². The summed E-state index contributed by atoms with van der Waals surface area (Å²) in [7, 11) is 0. The Morgan fingerprint density at radius 2 is 1.78 bits per heavy atom. The minimum Gasteiger partial charge on any atom is -0.446 e. The number of H-pyrrole nitrogens is 1. The van der Waals surface area contributed by atoms with Gasteiger partial charge in [-0.2, -0.15) is 0 Å². The van der Waals surface area contributed by atoms with E-state index in [9.17, 15) is 9.59 Å². The van der Waals surface area contributed by atoms with Crippen LogP contribution < -0.4 is 10.6 Å². The first-order valence-electron chi connectivity index (χ1n) is 11.4. The van der Waals surface area contributed by atoms with Gasteiger partial charge in [-0.1, -0.05) is 48.5 Å². The van der Waals surface area contributed by atoms with Gasteiger partial charge in [-0.05, 0) is 56.2 Å². The van der Waals surface area contributed by atoms with E-state index in [1.165, 1.54) is 0 Å². The number of aromatic amines is 1. The summed E-state index contributed by atoms with van der Waals surface area (Å²) in [4.78, 5) is 29.2. The first kappa shape index (κ1) is 21.9. The number of rotatable bonds is 8. The second-order valence-corrected chi connectivity index (χ2v) is 8.80. The van der Waals surface area contributed by atoms with Gasteiger partial charge in [0, 0.05) is 30.1 Å². The average Bonchev–Trinajstić information content (AvgIpc) is 3.44. The van der Waals surface area contributed by atoms with Gasteiger partial charge in [-0.15, -0.1) is 0 Å². The van der Waals surface area contributed by atoms with Crippen LogP contribution in [0.15, 0.2) is 60.8 Å². The van der Waals surface area contributed by atoms with Crippen molar-refractivity contribution < 1.29 is 14.3 Å². The number of aromatic nitrogens is 1. The minimum atomic E-state index is -1.14. The van der Waals surface area contributed by atoms with Gasteiger partial charge in [0.2, 0.25) is 5.91 Å². The van der Waals surface area contributed by atoms with Crippen molar-refractivity contribution in [3.8, 4) is 0 Å². The molecule has 1 saturated carbocycles. The van der Waals surface area contributed by atoms with Crippen molar-refractivity contribution in [1.29, 1.82) is 0 Å². The van der Waals surface area contributed by atoms with Crippen molar-refractivity contribution in [2.24, 2.45) is 0 Å². The number of hydrogen-bond donors (Lipinski definition) is 3. The first-order chi connectivity index (χ1) is 15.5. The summed E-state index contributed by atoms with van der Waals surface area (Å²) < 4.78 is 5.60. The van der Waals surface area contributed by atoms with E-state index in [4.69, 9.17) is 4.74 Å². The van der Waals surface area contributed by atoms with Crippen LogP contribution in [-0.4, -0.2) is 35.2 Å². The monoisotopic (exact) mass is 433 g/mol. The highest BCUT2D eigenvalue weighted by atomic mass is 16.6. The summed E-state index contributed by atoms with van der Waals surface area (Å²) in [6.07, 6.45) is 6.31. The maximum atomic E-state index is 13.3. The standard InChI is InChI=1S/C26H31N3O3/c1-26(29-25(31)32-21-11-5-6-12-21,17-20-18-28-23-14-8-7-13-22(20)23)24(30)27-16-15-19-9-3-2-4-10-19/h2-4,7-10,13-14,18,21,28H,5-6,11-12,15-17H2,1H3,(H,27,30)(H,29,31)/t26-/m1/s1. The third-order valence-electron chi connectivity index (χ3n) is 6.22. The van der Waals surface area contributed by atoms with Crippen LogP contribution in [0.25, 0.3) is 10.9 Å². The van der Waals surface area contributed by atoms with E-state index in [2.05, 4.69) is 15.6 Å². The Balaban J connectivity index is 1.47. The summed E-state index contributed by atoms with van der Waals surface area (Å²) in [6.45, 7) is 2.26. The van der Waals surface area contributed by atoms with E-state index in [1.807, 2.05) is 60.8 Å². The highest BCUT2D eigenvalue weighted by Crippen LogP contribution is 2.24. The summed E-state index contributed by atoms with van der Waals surface area (Å²) in [5.41, 5.74) is 1.99. The normalized spacial score (nSPS) is 15.9. The topological polar surface area (TPSA) is 83.2 Å². The Morgan fingerprint density at radius 3 is 2.56 bits per heavy atom. The van der Waals surface area contributed by atoms with Crippen molar-refractivity contribution in [3.63, 3.8) is 0 Å². The van der Waals surface area contributed by atoms with Crippen molar-refractivity contribution in [1.82, 2.24) is 15.6 Å². The van der Waals surface area contributed by atoms with Gasteiger partial charge in [0.1, 0.15) is 11.6 Å². The zero-order valence-corrected chi connectivity index (χ0v) is 18.5. The van der Waals surface area contributed by atoms with Crippen LogP contribution in [0.2, 0.25) is 0 Å². The Kier molecular flexibility index (Phi) is 6.78. The number of benzene rings is 2. The molecule has 168 valence electrons. The van der Waals surface area contributed by atoms with Crippen LogP contribution in [0.3, 0.4) is 0 Å². The van der Waals surface area contributed by atoms with E-state index in [1.54, 1.807) is 6.92 Å². The summed E-state index contributed by atoms with van der Waals surface area (Å²) in [5, 5.41) is 6.94. The molecule has 2 aromatic carbocycles. The number of nitrogens with one attached hydrogen (secondary N) is 3. The first-order valence-corrected chi connectivity index (χ1v) is 11.4. The third-order valence-corrected chi connectivity index (χ3v) is 6.22. The second kappa shape index (κ2) is 9.90. The zero-order chi connectivity index (χ0) is 22.4. The smallest absolute Gasteiger partial charge is 0.408 e. The van der Waals surface area contributed by atoms with Gasteiger partial charge in [-0.3, -0.25) is 4.79 Å². The van der Waals surface area contributed by atoms with Crippen LogP contribution in [0.5, 0.6) is 0 Å². The van der Waals surface area contributed by atoms with E-state index in [0.717, 1.165) is 54.1 Å². The van der Waals surface area contributed by atoms with E-state index in [0.29, 0.717) is 13.0 Å². The number of amides is 2. The van der Waals surface area contributed by atoms with Gasteiger partial charge >= 0.3 is 6.09 Å². The molecular formula is C26H31N3O3. The van der Waals surface area contributed by atoms with Crippen LogP contribution in [0.4, 0.5) is 4.79 Å². The summed E-state index contributed by atoms with van der Waals surface area (Å²) >= 11 is 0. The molecule has 0 aliphatic heterocycles. The second-order valence-electron chi connectivity index (χ2n) is 8.80. The molecule has 1 fully saturated rings. The molecule has 6 nitrogen and oxygen atoms in total. The quantitative estimate of drug-likeness (QED) is 0.489. The minimum absolute atomic E-state index is 0.0616. The predicted molar refractivity (Wildman–Crippen MR) is 125 cm³/mol. The molecule has 0 spiro atoms. The lowest BCUT2D eigenvalue weighted by Gasteiger charge is -2.30. The number of carbonyl (C=O) groups is 2. The molecule has 1 atom stereocenters. The predicted octanol–water partition coefficient (Wildman–Crippen LogP) is 4.50. The maximum absolute atomic E-state index is 13.3. The molecule has 6 heteroatoms. The average molecular weight is 434 g/mol. The summed E-state index contributed by atoms with van der Waals surface area (Å²) in [5.74, 6) is -0.220. The highest BCUT2D eigenvalue weighted by Gasteiger charge is 2.37. The van der Waals surface area contributed by atoms with Crippen LogP contribution in [0, 0.1) is 0 Å². The lowest BCUT2D eigenvalue weighted by Crippen LogP contribution is -2.58. The Labute approximate surface area is 188 Å². The van der Waals surface area contributed by atoms with Crippen LogP contribution in [-0.2, 0) is 22.4 Å². The fourth-order valence-electron chi connectivity index (χ4n) is 4.41. The van der Waals surface area contributed by atoms with Crippen molar-refractivity contribution in [2.45, 2.75) is 57.1 Å². The van der Waals surface area contributed by atoms with Gasteiger partial charge in [0.25, 0.3) is 0 Å². The molecule has 1 aromatic heterocycles. The zero-order valence-electron chi connectivity index (χ0n) is 18.5. The van der Waals surface area contributed by atoms with E-state index < -0.39 is 11.6 Å². The number of fused-ring (bicyclic) bond motifs is 1. The molecule has 0 radical (unpaired) electrons. The molecule has 0 saturated heterocycles. The van der Waals surface area contributed by atoms with Gasteiger partial charge in [0.15, 0.2) is 0 Å². The van der Waals surface area contributed by atoms with E-state index in [-0.39, 0.29) is 12.0 Å². The molecule has 0 unspecified atom stereocenters. The molecule has 4 rings (SSSR count). The molecule has 1 aliphatic rings. The molecule has 2 amide bonds. The molecule has 32 heavy (non-hydrogen) atoms. The van der Waals surface area contributed by atoms with Crippen molar-refractivity contribution in [3.05, 3.63) is 71.9 Å². The van der Waals surface area contributed by atoms with Crippen LogP contribution >= 0.6 is 0 Å². The largest absolute Gasteiger partial charge is 0.446 e. The maximum Gasteiger partial charge on any atom is 0.408 e.